The molecule has 0 fully saturated rings. The fourth-order valence-corrected chi connectivity index (χ4v) is 1.57. The maximum atomic E-state index is 13.4. The summed E-state index contributed by atoms with van der Waals surface area (Å²) in [6.45, 7) is 14.0. The summed E-state index contributed by atoms with van der Waals surface area (Å²) in [5.41, 5.74) is 2.77. The standard InChI is InChI=1S/C15H22F2/c1-10(2)9-11(3)7-8-15(14(6)17)12(4)13(5)16/h8,14H,1,3,7,9H2,2,4-6H3/b13-12+,15-8-/t14-/m1/s1. The molecule has 0 aliphatic rings. The minimum absolute atomic E-state index is 0.341. The first-order valence-electron chi connectivity index (χ1n) is 5.74. The summed E-state index contributed by atoms with van der Waals surface area (Å²) in [5, 5.41) is 0. The Morgan fingerprint density at radius 2 is 1.76 bits per heavy atom. The molecule has 0 N–H and O–H groups in total. The van der Waals surface area contributed by atoms with E-state index in [1.54, 1.807) is 13.0 Å². The molecule has 0 unspecified atom stereocenters. The molecule has 0 heterocycles. The van der Waals surface area contributed by atoms with Gasteiger partial charge in [0, 0.05) is 0 Å². The summed E-state index contributed by atoms with van der Waals surface area (Å²) in [6.07, 6.45) is 1.83. The topological polar surface area (TPSA) is 0 Å². The molecule has 0 saturated heterocycles. The summed E-state index contributed by atoms with van der Waals surface area (Å²) in [7, 11) is 0. The lowest BCUT2D eigenvalue weighted by molar-refractivity contribution is 0.411. The van der Waals surface area contributed by atoms with E-state index in [1.807, 2.05) is 6.92 Å². The van der Waals surface area contributed by atoms with Gasteiger partial charge in [0.05, 0.1) is 0 Å². The van der Waals surface area contributed by atoms with Crippen molar-refractivity contribution in [2.75, 3.05) is 0 Å². The van der Waals surface area contributed by atoms with Crippen LogP contribution in [0.25, 0.3) is 0 Å². The van der Waals surface area contributed by atoms with E-state index in [9.17, 15) is 8.78 Å². The van der Waals surface area contributed by atoms with Gasteiger partial charge in [0.25, 0.3) is 0 Å². The molecule has 0 spiro atoms. The van der Waals surface area contributed by atoms with Gasteiger partial charge in [-0.1, -0.05) is 30.4 Å². The van der Waals surface area contributed by atoms with E-state index < -0.39 is 6.17 Å². The van der Waals surface area contributed by atoms with E-state index in [-0.39, 0.29) is 5.83 Å². The van der Waals surface area contributed by atoms with Gasteiger partial charge in [0.1, 0.15) is 12.0 Å². The quantitative estimate of drug-likeness (QED) is 0.428. The van der Waals surface area contributed by atoms with E-state index in [1.165, 1.54) is 13.8 Å². The van der Waals surface area contributed by atoms with E-state index >= 15 is 0 Å². The number of hydrogen-bond donors (Lipinski definition) is 0. The van der Waals surface area contributed by atoms with Crippen LogP contribution in [0, 0.1) is 0 Å². The summed E-state index contributed by atoms with van der Waals surface area (Å²) in [5.74, 6) is -0.341. The van der Waals surface area contributed by atoms with Gasteiger partial charge in [-0.25, -0.2) is 8.78 Å². The fraction of sp³-hybridized carbons (Fsp3) is 0.467. The van der Waals surface area contributed by atoms with Crippen LogP contribution in [0.1, 0.15) is 40.5 Å². The zero-order valence-corrected chi connectivity index (χ0v) is 11.2. The molecule has 0 aromatic rings. The van der Waals surface area contributed by atoms with Gasteiger partial charge in [0.15, 0.2) is 0 Å². The molecule has 1 atom stereocenters. The highest BCUT2D eigenvalue weighted by molar-refractivity contribution is 5.34. The number of halogens is 2. The van der Waals surface area contributed by atoms with Crippen LogP contribution in [-0.2, 0) is 0 Å². The summed E-state index contributed by atoms with van der Waals surface area (Å²) < 4.78 is 26.4. The van der Waals surface area contributed by atoms with E-state index in [4.69, 9.17) is 0 Å². The second kappa shape index (κ2) is 7.21. The number of allylic oxidation sites excluding steroid dienone is 6. The van der Waals surface area contributed by atoms with Crippen molar-refractivity contribution in [1.29, 1.82) is 0 Å². The monoisotopic (exact) mass is 240 g/mol. The Balaban J connectivity index is 4.81. The molecular formula is C15H22F2. The van der Waals surface area contributed by atoms with Crippen LogP contribution < -0.4 is 0 Å². The lowest BCUT2D eigenvalue weighted by Gasteiger charge is -2.11. The lowest BCUT2D eigenvalue weighted by atomic mass is 9.98. The molecule has 0 amide bonds. The third-order valence-electron chi connectivity index (χ3n) is 2.54. The SMILES string of the molecule is C=C(C)CC(=C)C/C=C(/C(C)=C(\C)F)[C@@H](C)F. The highest BCUT2D eigenvalue weighted by Gasteiger charge is 2.11. The van der Waals surface area contributed by atoms with Crippen molar-refractivity contribution < 1.29 is 8.78 Å². The predicted octanol–water partition coefficient (Wildman–Crippen LogP) is 5.45. The average Bonchev–Trinajstić information content (AvgIpc) is 2.15. The maximum absolute atomic E-state index is 13.4. The normalized spacial score (nSPS) is 15.3. The zero-order chi connectivity index (χ0) is 13.6. The molecular weight excluding hydrogens is 218 g/mol. The largest absolute Gasteiger partial charge is 0.243 e. The molecule has 0 aliphatic heterocycles. The number of rotatable bonds is 6. The molecule has 2 heteroatoms. The molecule has 17 heavy (non-hydrogen) atoms. The average molecular weight is 240 g/mol. The van der Waals surface area contributed by atoms with Crippen molar-refractivity contribution in [3.05, 3.63) is 47.4 Å². The van der Waals surface area contributed by atoms with Crippen molar-refractivity contribution in [2.45, 2.75) is 46.7 Å². The number of alkyl halides is 1. The Morgan fingerprint density at radius 1 is 1.24 bits per heavy atom. The van der Waals surface area contributed by atoms with Gasteiger partial charge in [-0.2, -0.15) is 0 Å². The minimum Gasteiger partial charge on any atom is -0.243 e. The van der Waals surface area contributed by atoms with Gasteiger partial charge < -0.3 is 0 Å². The number of hydrogen-bond acceptors (Lipinski definition) is 0. The van der Waals surface area contributed by atoms with Crippen molar-refractivity contribution in [3.8, 4) is 0 Å². The molecule has 0 aromatic carbocycles. The highest BCUT2D eigenvalue weighted by Crippen LogP contribution is 2.23. The van der Waals surface area contributed by atoms with Crippen LogP contribution in [-0.4, -0.2) is 6.17 Å². The second-order valence-electron chi connectivity index (χ2n) is 4.52. The first-order valence-corrected chi connectivity index (χ1v) is 5.74. The maximum Gasteiger partial charge on any atom is 0.122 e. The molecule has 96 valence electrons. The van der Waals surface area contributed by atoms with Crippen molar-refractivity contribution >= 4 is 0 Å². The van der Waals surface area contributed by atoms with Crippen LogP contribution in [0.4, 0.5) is 8.78 Å². The summed E-state index contributed by atoms with van der Waals surface area (Å²) in [4.78, 5) is 0. The zero-order valence-electron chi connectivity index (χ0n) is 11.2. The second-order valence-corrected chi connectivity index (χ2v) is 4.52. The van der Waals surface area contributed by atoms with Crippen LogP contribution in [0.3, 0.4) is 0 Å². The first kappa shape index (κ1) is 15.8. The van der Waals surface area contributed by atoms with Crippen LogP contribution in [0.5, 0.6) is 0 Å². The van der Waals surface area contributed by atoms with Gasteiger partial charge >= 0.3 is 0 Å². The molecule has 0 aliphatic carbocycles. The Morgan fingerprint density at radius 3 is 2.12 bits per heavy atom. The van der Waals surface area contributed by atoms with Gasteiger partial charge in [-0.15, -0.1) is 0 Å². The molecule has 0 saturated carbocycles. The predicted molar refractivity (Wildman–Crippen MR) is 71.3 cm³/mol. The molecule has 0 radical (unpaired) electrons. The fourth-order valence-electron chi connectivity index (χ4n) is 1.57. The van der Waals surface area contributed by atoms with E-state index in [2.05, 4.69) is 13.2 Å². The molecule has 0 bridgehead atoms. The Hall–Kier alpha value is -1.18. The van der Waals surface area contributed by atoms with Gasteiger partial charge in [-0.05, 0) is 51.7 Å². The first-order chi connectivity index (χ1) is 7.75. The van der Waals surface area contributed by atoms with Crippen LogP contribution in [0.2, 0.25) is 0 Å². The van der Waals surface area contributed by atoms with Crippen molar-refractivity contribution in [1.82, 2.24) is 0 Å². The van der Waals surface area contributed by atoms with E-state index in [0.717, 1.165) is 17.6 Å². The van der Waals surface area contributed by atoms with Crippen LogP contribution in [0.15, 0.2) is 47.4 Å². The summed E-state index contributed by atoms with van der Waals surface area (Å²) >= 11 is 0. The van der Waals surface area contributed by atoms with Crippen molar-refractivity contribution in [2.24, 2.45) is 0 Å². The Kier molecular flexibility index (Phi) is 6.71. The smallest absolute Gasteiger partial charge is 0.122 e. The molecule has 0 nitrogen and oxygen atoms in total. The highest BCUT2D eigenvalue weighted by atomic mass is 19.1. The Labute approximate surface area is 103 Å². The Bertz CT molecular complexity index is 353. The lowest BCUT2D eigenvalue weighted by Crippen LogP contribution is -2.01. The van der Waals surface area contributed by atoms with Crippen molar-refractivity contribution in [3.63, 3.8) is 0 Å². The molecule has 0 aromatic heterocycles. The summed E-state index contributed by atoms with van der Waals surface area (Å²) in [6, 6.07) is 0. The van der Waals surface area contributed by atoms with E-state index in [0.29, 0.717) is 17.6 Å². The third kappa shape index (κ3) is 6.20. The van der Waals surface area contributed by atoms with Crippen LogP contribution >= 0.6 is 0 Å². The van der Waals surface area contributed by atoms with Gasteiger partial charge in [-0.3, -0.25) is 0 Å². The molecule has 0 rings (SSSR count). The third-order valence-corrected chi connectivity index (χ3v) is 2.54. The van der Waals surface area contributed by atoms with Gasteiger partial charge in [0.2, 0.25) is 0 Å². The minimum atomic E-state index is -1.17.